The van der Waals surface area contributed by atoms with Crippen LogP contribution in [0.2, 0.25) is 10.0 Å². The van der Waals surface area contributed by atoms with E-state index in [9.17, 15) is 0 Å². The Labute approximate surface area is 115 Å². The van der Waals surface area contributed by atoms with Crippen molar-refractivity contribution in [1.29, 1.82) is 0 Å². The predicted octanol–water partition coefficient (Wildman–Crippen LogP) is 4.56. The Kier molecular flexibility index (Phi) is 4.46. The topological polar surface area (TPSA) is 12.0 Å². The van der Waals surface area contributed by atoms with Gasteiger partial charge in [0.15, 0.2) is 0 Å². The van der Waals surface area contributed by atoms with E-state index in [4.69, 9.17) is 23.2 Å². The van der Waals surface area contributed by atoms with Crippen molar-refractivity contribution in [2.24, 2.45) is 0 Å². The first kappa shape index (κ1) is 12.9. The zero-order chi connectivity index (χ0) is 12.3. The minimum atomic E-state index is 0.275. The smallest absolute Gasteiger partial charge is 0.0624 e. The molecule has 90 valence electrons. The van der Waals surface area contributed by atoms with Crippen molar-refractivity contribution < 1.29 is 0 Å². The van der Waals surface area contributed by atoms with Gasteiger partial charge in [-0.15, -0.1) is 0 Å². The van der Waals surface area contributed by atoms with Crippen LogP contribution in [0.5, 0.6) is 0 Å². The molecule has 1 heterocycles. The number of likely N-dealkylation sites (N-methyl/N-ethyl adjacent to an activating group) is 1. The summed E-state index contributed by atoms with van der Waals surface area (Å²) in [4.78, 5) is 0. The van der Waals surface area contributed by atoms with Gasteiger partial charge >= 0.3 is 0 Å². The summed E-state index contributed by atoms with van der Waals surface area (Å²) in [7, 11) is 1.96. The number of thiophene rings is 1. The molecule has 17 heavy (non-hydrogen) atoms. The lowest BCUT2D eigenvalue weighted by molar-refractivity contribution is 0.594. The molecule has 0 spiro atoms. The van der Waals surface area contributed by atoms with E-state index in [1.54, 1.807) is 11.3 Å². The normalized spacial score (nSPS) is 12.6. The fraction of sp³-hybridized carbons (Fsp3) is 0.231. The van der Waals surface area contributed by atoms with Crippen molar-refractivity contribution >= 4 is 34.5 Å². The van der Waals surface area contributed by atoms with E-state index in [-0.39, 0.29) is 6.04 Å². The van der Waals surface area contributed by atoms with Gasteiger partial charge in [0.25, 0.3) is 0 Å². The second kappa shape index (κ2) is 5.87. The van der Waals surface area contributed by atoms with Crippen LogP contribution in [-0.4, -0.2) is 7.05 Å². The van der Waals surface area contributed by atoms with Gasteiger partial charge in [-0.25, -0.2) is 0 Å². The molecule has 2 aromatic rings. The quantitative estimate of drug-likeness (QED) is 0.869. The van der Waals surface area contributed by atoms with Crippen molar-refractivity contribution in [2.75, 3.05) is 7.05 Å². The van der Waals surface area contributed by atoms with E-state index in [0.717, 1.165) is 12.0 Å². The summed E-state index contributed by atoms with van der Waals surface area (Å²) in [5.41, 5.74) is 2.36. The Hall–Kier alpha value is -0.540. The lowest BCUT2D eigenvalue weighted by atomic mass is 10.0. The van der Waals surface area contributed by atoms with Gasteiger partial charge in [-0.2, -0.15) is 11.3 Å². The van der Waals surface area contributed by atoms with Gasteiger partial charge in [0, 0.05) is 6.04 Å². The fourth-order valence-corrected chi connectivity index (χ4v) is 2.90. The van der Waals surface area contributed by atoms with Gasteiger partial charge in [0.05, 0.1) is 10.0 Å². The molecular weight excluding hydrogens is 273 g/mol. The number of hydrogen-bond donors (Lipinski definition) is 1. The third-order valence-corrected chi connectivity index (χ3v) is 4.31. The summed E-state index contributed by atoms with van der Waals surface area (Å²) in [6.45, 7) is 0. The number of benzene rings is 1. The molecule has 0 fully saturated rings. The van der Waals surface area contributed by atoms with E-state index >= 15 is 0 Å². The molecule has 0 bridgehead atoms. The highest BCUT2D eigenvalue weighted by Gasteiger charge is 2.13. The van der Waals surface area contributed by atoms with Gasteiger partial charge in [0.2, 0.25) is 0 Å². The predicted molar refractivity (Wildman–Crippen MR) is 76.3 cm³/mol. The second-order valence-corrected chi connectivity index (χ2v) is 5.38. The van der Waals surface area contributed by atoms with E-state index in [2.05, 4.69) is 22.1 Å². The van der Waals surface area contributed by atoms with Crippen LogP contribution in [0, 0.1) is 0 Å². The zero-order valence-corrected chi connectivity index (χ0v) is 11.7. The van der Waals surface area contributed by atoms with Crippen LogP contribution in [0.3, 0.4) is 0 Å². The first-order chi connectivity index (χ1) is 8.22. The molecule has 1 N–H and O–H groups in total. The third-order valence-electron chi connectivity index (χ3n) is 2.75. The highest BCUT2D eigenvalue weighted by molar-refractivity contribution is 7.07. The average Bonchev–Trinajstić information content (AvgIpc) is 2.85. The van der Waals surface area contributed by atoms with Gasteiger partial charge < -0.3 is 5.32 Å². The number of halogens is 2. The molecule has 0 saturated carbocycles. The molecule has 2 rings (SSSR count). The lowest BCUT2D eigenvalue weighted by Crippen LogP contribution is -2.18. The lowest BCUT2D eigenvalue weighted by Gasteiger charge is -2.16. The van der Waals surface area contributed by atoms with Crippen LogP contribution in [0.4, 0.5) is 0 Å². The molecule has 1 atom stereocenters. The Balaban J connectivity index is 2.22. The highest BCUT2D eigenvalue weighted by atomic mass is 35.5. The number of hydrogen-bond acceptors (Lipinski definition) is 2. The Morgan fingerprint density at radius 2 is 2.12 bits per heavy atom. The highest BCUT2D eigenvalue weighted by Crippen LogP contribution is 2.29. The van der Waals surface area contributed by atoms with E-state index < -0.39 is 0 Å². The Morgan fingerprint density at radius 3 is 2.76 bits per heavy atom. The number of nitrogens with one attached hydrogen (secondary N) is 1. The second-order valence-electron chi connectivity index (χ2n) is 3.82. The standard InChI is InChI=1S/C13H13Cl2NS/c1-16-12(10-5-6-17-8-10)7-9-3-2-4-11(14)13(9)15/h2-6,8,12,16H,7H2,1H3. The summed E-state index contributed by atoms with van der Waals surface area (Å²) in [6.07, 6.45) is 0.840. The number of rotatable bonds is 4. The van der Waals surface area contributed by atoms with Gasteiger partial charge in [-0.1, -0.05) is 35.3 Å². The zero-order valence-electron chi connectivity index (χ0n) is 9.41. The largest absolute Gasteiger partial charge is 0.313 e. The monoisotopic (exact) mass is 285 g/mol. The van der Waals surface area contributed by atoms with Crippen molar-refractivity contribution in [3.8, 4) is 0 Å². The maximum atomic E-state index is 6.20. The molecule has 0 aliphatic heterocycles. The van der Waals surface area contributed by atoms with Crippen LogP contribution in [0.15, 0.2) is 35.0 Å². The molecule has 1 aromatic heterocycles. The molecule has 0 radical (unpaired) electrons. The van der Waals surface area contributed by atoms with E-state index in [1.807, 2.05) is 25.2 Å². The van der Waals surface area contributed by atoms with Crippen LogP contribution in [-0.2, 0) is 6.42 Å². The molecule has 1 unspecified atom stereocenters. The maximum absolute atomic E-state index is 6.20. The molecule has 0 saturated heterocycles. The first-order valence-electron chi connectivity index (χ1n) is 5.34. The Morgan fingerprint density at radius 1 is 1.29 bits per heavy atom. The summed E-state index contributed by atoms with van der Waals surface area (Å²) >= 11 is 13.9. The minimum absolute atomic E-state index is 0.275. The first-order valence-corrected chi connectivity index (χ1v) is 7.04. The molecule has 0 aliphatic carbocycles. The van der Waals surface area contributed by atoms with Crippen LogP contribution < -0.4 is 5.32 Å². The minimum Gasteiger partial charge on any atom is -0.313 e. The van der Waals surface area contributed by atoms with E-state index in [1.165, 1.54) is 5.56 Å². The molecule has 1 aromatic carbocycles. The maximum Gasteiger partial charge on any atom is 0.0624 e. The third kappa shape index (κ3) is 3.02. The van der Waals surface area contributed by atoms with Crippen LogP contribution >= 0.6 is 34.5 Å². The molecular formula is C13H13Cl2NS. The van der Waals surface area contributed by atoms with Crippen molar-refractivity contribution in [2.45, 2.75) is 12.5 Å². The van der Waals surface area contributed by atoms with Crippen LogP contribution in [0.1, 0.15) is 17.2 Å². The summed E-state index contributed by atoms with van der Waals surface area (Å²) in [5.74, 6) is 0. The molecule has 0 amide bonds. The van der Waals surface area contributed by atoms with Crippen LogP contribution in [0.25, 0.3) is 0 Å². The Bertz CT molecular complexity index is 482. The average molecular weight is 286 g/mol. The van der Waals surface area contributed by atoms with Crippen molar-refractivity contribution in [3.63, 3.8) is 0 Å². The molecule has 0 aliphatic rings. The summed E-state index contributed by atoms with van der Waals surface area (Å²) in [6, 6.07) is 8.17. The summed E-state index contributed by atoms with van der Waals surface area (Å²) in [5, 5.41) is 8.81. The van der Waals surface area contributed by atoms with Crippen molar-refractivity contribution in [3.05, 3.63) is 56.2 Å². The molecule has 4 heteroatoms. The van der Waals surface area contributed by atoms with Gasteiger partial charge in [-0.3, -0.25) is 0 Å². The van der Waals surface area contributed by atoms with Crippen molar-refractivity contribution in [1.82, 2.24) is 5.32 Å². The van der Waals surface area contributed by atoms with Gasteiger partial charge in [0.1, 0.15) is 0 Å². The summed E-state index contributed by atoms with van der Waals surface area (Å²) < 4.78 is 0. The van der Waals surface area contributed by atoms with E-state index in [0.29, 0.717) is 10.0 Å². The molecule has 1 nitrogen and oxygen atoms in total. The van der Waals surface area contributed by atoms with Gasteiger partial charge in [-0.05, 0) is 47.5 Å². The fourth-order valence-electron chi connectivity index (χ4n) is 1.79. The SMILES string of the molecule is CNC(Cc1cccc(Cl)c1Cl)c1ccsc1.